The Hall–Kier alpha value is -4.66. The summed E-state index contributed by atoms with van der Waals surface area (Å²) in [5.74, 6) is 0. The summed E-state index contributed by atoms with van der Waals surface area (Å²) in [6.45, 7) is 16.0. The van der Waals surface area contributed by atoms with Crippen LogP contribution >= 0.6 is 11.6 Å². The lowest BCUT2D eigenvalue weighted by atomic mass is 9.78. The number of benzene rings is 5. The second-order valence-corrected chi connectivity index (χ2v) is 15.8. The van der Waals surface area contributed by atoms with Crippen LogP contribution in [0.25, 0.3) is 27.1 Å². The highest BCUT2D eigenvalue weighted by Gasteiger charge is 2.45. The first-order chi connectivity index (χ1) is 24.6. The van der Waals surface area contributed by atoms with E-state index >= 15 is 0 Å². The molecule has 2 heterocycles. The molecule has 1 aliphatic carbocycles. The number of allylic oxidation sites excluding steroid dienone is 8. The molecule has 0 aromatic heterocycles. The maximum absolute atomic E-state index is 6.45. The lowest BCUT2D eigenvalue weighted by molar-refractivity contribution is -0.433. The summed E-state index contributed by atoms with van der Waals surface area (Å²) in [5.41, 5.74) is 13.3. The number of hydrogen-bond acceptors (Lipinski definition) is 1. The molecule has 2 aliphatic heterocycles. The van der Waals surface area contributed by atoms with Crippen molar-refractivity contribution in [2.75, 3.05) is 18.0 Å². The van der Waals surface area contributed by atoms with Crippen molar-refractivity contribution >= 4 is 55.8 Å². The highest BCUT2D eigenvalue weighted by Crippen LogP contribution is 2.51. The van der Waals surface area contributed by atoms with Gasteiger partial charge in [-0.05, 0) is 127 Å². The minimum absolute atomic E-state index is 0.127. The van der Waals surface area contributed by atoms with E-state index in [4.69, 9.17) is 11.6 Å². The Labute approximate surface area is 308 Å². The smallest absolute Gasteiger partial charge is 0.210 e. The normalized spacial score (nSPS) is 19.7. The number of anilines is 1. The molecule has 0 N–H and O–H groups in total. The van der Waals surface area contributed by atoms with E-state index in [-0.39, 0.29) is 10.8 Å². The summed E-state index contributed by atoms with van der Waals surface area (Å²) in [5, 5.41) is 6.08. The summed E-state index contributed by atoms with van der Waals surface area (Å²) >= 11 is 6.45. The van der Waals surface area contributed by atoms with Crippen LogP contribution in [-0.2, 0) is 10.8 Å². The fourth-order valence-electron chi connectivity index (χ4n) is 9.36. The van der Waals surface area contributed by atoms with Gasteiger partial charge in [-0.1, -0.05) is 104 Å². The Morgan fingerprint density at radius 2 is 1.37 bits per heavy atom. The highest BCUT2D eigenvalue weighted by molar-refractivity contribution is 6.30. The summed E-state index contributed by atoms with van der Waals surface area (Å²) < 4.78 is 2.52. The molecule has 0 saturated heterocycles. The average Bonchev–Trinajstić information content (AvgIpc) is 3.51. The molecule has 5 aromatic rings. The van der Waals surface area contributed by atoms with Crippen molar-refractivity contribution in [1.82, 2.24) is 0 Å². The van der Waals surface area contributed by atoms with E-state index in [0.717, 1.165) is 37.4 Å². The van der Waals surface area contributed by atoms with Crippen molar-refractivity contribution in [2.45, 2.75) is 71.6 Å². The van der Waals surface area contributed by atoms with Gasteiger partial charge in [0.2, 0.25) is 5.69 Å². The molecule has 0 spiro atoms. The maximum atomic E-state index is 6.45. The monoisotopic (exact) mass is 687 g/mol. The lowest BCUT2D eigenvalue weighted by Crippen LogP contribution is -2.27. The molecule has 0 amide bonds. The van der Waals surface area contributed by atoms with Crippen molar-refractivity contribution in [3.8, 4) is 0 Å². The second-order valence-electron chi connectivity index (χ2n) is 15.3. The Balaban J connectivity index is 1.25. The molecule has 0 atom stereocenters. The minimum Gasteiger partial charge on any atom is -0.344 e. The molecular weight excluding hydrogens is 640 g/mol. The number of rotatable bonds is 6. The maximum Gasteiger partial charge on any atom is 0.210 e. The fraction of sp³-hybridized carbons (Fsp3) is 0.271. The first kappa shape index (κ1) is 33.5. The van der Waals surface area contributed by atoms with Gasteiger partial charge in [0, 0.05) is 46.1 Å². The first-order valence-electron chi connectivity index (χ1n) is 18.7. The van der Waals surface area contributed by atoms with Crippen LogP contribution in [0, 0.1) is 0 Å². The van der Waals surface area contributed by atoms with Crippen LogP contribution in [0.15, 0.2) is 138 Å². The third-order valence-electron chi connectivity index (χ3n) is 11.7. The largest absolute Gasteiger partial charge is 0.344 e. The topological polar surface area (TPSA) is 6.25 Å². The van der Waals surface area contributed by atoms with Crippen LogP contribution in [0.2, 0.25) is 5.02 Å². The molecule has 2 nitrogen and oxygen atoms in total. The van der Waals surface area contributed by atoms with Gasteiger partial charge in [0.25, 0.3) is 0 Å². The van der Waals surface area contributed by atoms with E-state index in [2.05, 4.69) is 160 Å². The van der Waals surface area contributed by atoms with Gasteiger partial charge in [0.05, 0.1) is 5.41 Å². The van der Waals surface area contributed by atoms with Crippen LogP contribution < -0.4 is 4.90 Å². The third kappa shape index (κ3) is 5.42. The van der Waals surface area contributed by atoms with E-state index in [1.165, 1.54) is 77.7 Å². The van der Waals surface area contributed by atoms with Gasteiger partial charge >= 0.3 is 0 Å². The van der Waals surface area contributed by atoms with Crippen molar-refractivity contribution < 1.29 is 4.58 Å². The lowest BCUT2D eigenvalue weighted by Gasteiger charge is -2.27. The van der Waals surface area contributed by atoms with E-state index in [0.29, 0.717) is 0 Å². The van der Waals surface area contributed by atoms with E-state index in [1.54, 1.807) is 0 Å². The highest BCUT2D eigenvalue weighted by atomic mass is 35.5. The van der Waals surface area contributed by atoms with Gasteiger partial charge in [-0.3, -0.25) is 0 Å². The van der Waals surface area contributed by atoms with Crippen LogP contribution in [0.1, 0.15) is 77.5 Å². The van der Waals surface area contributed by atoms with Crippen molar-refractivity contribution in [3.05, 3.63) is 160 Å². The quantitative estimate of drug-likeness (QED) is 0.161. The van der Waals surface area contributed by atoms with Gasteiger partial charge in [-0.2, -0.15) is 4.58 Å². The molecule has 0 bridgehead atoms. The Morgan fingerprint density at radius 3 is 2.06 bits per heavy atom. The van der Waals surface area contributed by atoms with Gasteiger partial charge in [-0.15, -0.1) is 0 Å². The molecule has 3 aliphatic rings. The summed E-state index contributed by atoms with van der Waals surface area (Å²) in [6.07, 6.45) is 12.9. The zero-order valence-corrected chi connectivity index (χ0v) is 31.6. The van der Waals surface area contributed by atoms with E-state index in [1.807, 2.05) is 12.1 Å². The van der Waals surface area contributed by atoms with E-state index in [9.17, 15) is 0 Å². The molecule has 8 rings (SSSR count). The number of likely N-dealkylation sites (N-methyl/N-ethyl adjacent to an activating group) is 1. The molecule has 5 aromatic carbocycles. The van der Waals surface area contributed by atoms with Crippen molar-refractivity contribution in [3.63, 3.8) is 0 Å². The van der Waals surface area contributed by atoms with Crippen LogP contribution in [-0.4, -0.2) is 23.4 Å². The van der Waals surface area contributed by atoms with E-state index < -0.39 is 0 Å². The standard InChI is InChI=1S/C48H48ClN2/c1-7-50-40-28-22-32-14-9-11-18-38(32)45(40)47(3,4)42(50)30-24-34-16-13-17-35(44(34)36-20-26-37(49)27-21-36)25-31-43-48(5,6)46-39-19-12-10-15-33(39)23-29-41(46)51(43)8-2/h9-12,14-15,18-31H,7-8,13,16-17H2,1-6H3/q+1. The molecule has 0 radical (unpaired) electrons. The molecule has 0 fully saturated rings. The Kier molecular flexibility index (Phi) is 8.43. The molecule has 256 valence electrons. The predicted octanol–water partition coefficient (Wildman–Crippen LogP) is 12.9. The van der Waals surface area contributed by atoms with Gasteiger partial charge < -0.3 is 4.90 Å². The number of fused-ring (bicyclic) bond motifs is 6. The fourth-order valence-corrected chi connectivity index (χ4v) is 9.48. The summed E-state index contributed by atoms with van der Waals surface area (Å²) in [7, 11) is 0. The predicted molar refractivity (Wildman–Crippen MR) is 220 cm³/mol. The van der Waals surface area contributed by atoms with Gasteiger partial charge in [-0.25, -0.2) is 0 Å². The molecule has 3 heteroatoms. The molecule has 0 saturated carbocycles. The van der Waals surface area contributed by atoms with Crippen LogP contribution in [0.4, 0.5) is 11.4 Å². The number of hydrogen-bond donors (Lipinski definition) is 0. The number of halogens is 1. The van der Waals surface area contributed by atoms with Crippen molar-refractivity contribution in [2.24, 2.45) is 0 Å². The van der Waals surface area contributed by atoms with Crippen LogP contribution in [0.5, 0.6) is 0 Å². The minimum atomic E-state index is -0.127. The molecular formula is C48H48ClN2+. The Morgan fingerprint density at radius 1 is 0.706 bits per heavy atom. The zero-order valence-electron chi connectivity index (χ0n) is 30.9. The van der Waals surface area contributed by atoms with Crippen molar-refractivity contribution in [1.29, 1.82) is 0 Å². The summed E-state index contributed by atoms with van der Waals surface area (Å²) in [6, 6.07) is 35.3. The van der Waals surface area contributed by atoms with Crippen LogP contribution in [0.3, 0.4) is 0 Å². The van der Waals surface area contributed by atoms with Gasteiger partial charge in [0.1, 0.15) is 6.54 Å². The Bertz CT molecular complexity index is 2360. The van der Waals surface area contributed by atoms with Gasteiger partial charge in [0.15, 0.2) is 5.71 Å². The second kappa shape index (κ2) is 12.8. The first-order valence-corrected chi connectivity index (χ1v) is 19.1. The molecule has 0 unspecified atom stereocenters. The zero-order chi connectivity index (χ0) is 35.5. The average molecular weight is 688 g/mol. The third-order valence-corrected chi connectivity index (χ3v) is 11.9. The molecule has 51 heavy (non-hydrogen) atoms. The SMILES string of the molecule is CCN1/C(=C/C=C2\CCCC(/C=C/C3=[N+](CC)c4ccc5ccccc5c4C3(C)C)=C2c2ccc(Cl)cc2)C(C)(C)c2c1ccc1ccccc21. The number of nitrogens with zero attached hydrogens (tertiary/aromatic N) is 2. The summed E-state index contributed by atoms with van der Waals surface area (Å²) in [4.78, 5) is 2.52.